The molecule has 0 saturated heterocycles. The number of benzene rings is 1. The number of aromatic nitrogens is 2. The van der Waals surface area contributed by atoms with E-state index in [9.17, 15) is 14.9 Å². The molecule has 1 unspecified atom stereocenters. The second-order valence-electron chi connectivity index (χ2n) is 6.10. The fraction of sp³-hybridized carbons (Fsp3) is 0.412. The zero-order valence-electron chi connectivity index (χ0n) is 14.8. The maximum Gasteiger partial charge on any atom is 0.273 e. The summed E-state index contributed by atoms with van der Waals surface area (Å²) in [4.78, 5) is 22.7. The van der Waals surface area contributed by atoms with Crippen LogP contribution in [0.15, 0.2) is 24.3 Å². The number of aryl methyl sites for hydroxylation is 2. The Morgan fingerprint density at radius 2 is 2.08 bits per heavy atom. The van der Waals surface area contributed by atoms with Crippen LogP contribution in [0.3, 0.4) is 0 Å². The second kappa shape index (κ2) is 7.78. The lowest BCUT2D eigenvalue weighted by atomic mass is 10.1. The van der Waals surface area contributed by atoms with Crippen LogP contribution in [-0.2, 0) is 6.54 Å². The predicted octanol–water partition coefficient (Wildman–Crippen LogP) is 2.48. The summed E-state index contributed by atoms with van der Waals surface area (Å²) >= 11 is 0. The van der Waals surface area contributed by atoms with Gasteiger partial charge in [0.2, 0.25) is 0 Å². The second-order valence-corrected chi connectivity index (χ2v) is 6.10. The number of nitrogens with one attached hydrogen (secondary N) is 1. The lowest BCUT2D eigenvalue weighted by Crippen LogP contribution is -2.30. The molecule has 134 valence electrons. The van der Waals surface area contributed by atoms with Crippen molar-refractivity contribution in [2.75, 3.05) is 13.7 Å². The molecule has 8 nitrogen and oxygen atoms in total. The van der Waals surface area contributed by atoms with Gasteiger partial charge in [-0.15, -0.1) is 0 Å². The fourth-order valence-corrected chi connectivity index (χ4v) is 2.53. The van der Waals surface area contributed by atoms with Gasteiger partial charge in [-0.1, -0.05) is 6.92 Å². The molecule has 1 amide bonds. The van der Waals surface area contributed by atoms with Crippen LogP contribution in [0.1, 0.15) is 28.7 Å². The van der Waals surface area contributed by atoms with Gasteiger partial charge in [0.25, 0.3) is 11.6 Å². The molecule has 1 aromatic heterocycles. The van der Waals surface area contributed by atoms with Crippen molar-refractivity contribution >= 4 is 11.6 Å². The van der Waals surface area contributed by atoms with Crippen LogP contribution in [0.4, 0.5) is 5.69 Å². The van der Waals surface area contributed by atoms with E-state index in [4.69, 9.17) is 4.74 Å². The minimum Gasteiger partial charge on any atom is -0.496 e. The largest absolute Gasteiger partial charge is 0.496 e. The zero-order valence-corrected chi connectivity index (χ0v) is 14.8. The van der Waals surface area contributed by atoms with Crippen LogP contribution in [0.5, 0.6) is 5.75 Å². The van der Waals surface area contributed by atoms with E-state index >= 15 is 0 Å². The fourth-order valence-electron chi connectivity index (χ4n) is 2.53. The average Bonchev–Trinajstić information content (AvgIpc) is 2.89. The van der Waals surface area contributed by atoms with Crippen LogP contribution in [-0.4, -0.2) is 34.3 Å². The van der Waals surface area contributed by atoms with Gasteiger partial charge in [-0.3, -0.25) is 19.6 Å². The van der Waals surface area contributed by atoms with Gasteiger partial charge in [0.15, 0.2) is 0 Å². The molecule has 0 bridgehead atoms. The molecule has 0 aliphatic rings. The summed E-state index contributed by atoms with van der Waals surface area (Å²) in [7, 11) is 1.40. The molecule has 1 heterocycles. The number of ether oxygens (including phenoxy) is 1. The van der Waals surface area contributed by atoms with E-state index in [1.165, 1.54) is 25.3 Å². The third-order valence-corrected chi connectivity index (χ3v) is 3.80. The number of nitro groups is 1. The molecule has 2 rings (SSSR count). The van der Waals surface area contributed by atoms with Gasteiger partial charge < -0.3 is 10.1 Å². The number of nitrogens with zero attached hydrogens (tertiary/aromatic N) is 3. The first-order chi connectivity index (χ1) is 11.8. The van der Waals surface area contributed by atoms with Crippen molar-refractivity contribution in [1.82, 2.24) is 15.1 Å². The zero-order chi connectivity index (χ0) is 18.6. The van der Waals surface area contributed by atoms with E-state index in [0.29, 0.717) is 13.1 Å². The van der Waals surface area contributed by atoms with E-state index < -0.39 is 4.92 Å². The highest BCUT2D eigenvalue weighted by Crippen LogP contribution is 2.22. The van der Waals surface area contributed by atoms with Crippen molar-refractivity contribution in [3.05, 3.63) is 51.3 Å². The van der Waals surface area contributed by atoms with Gasteiger partial charge in [-0.25, -0.2) is 0 Å². The van der Waals surface area contributed by atoms with Gasteiger partial charge in [-0.2, -0.15) is 5.10 Å². The summed E-state index contributed by atoms with van der Waals surface area (Å²) in [6.45, 7) is 7.04. The molecule has 0 aliphatic carbocycles. The number of methoxy groups -OCH3 is 1. The molecule has 0 fully saturated rings. The Labute approximate surface area is 145 Å². The number of non-ortho nitro benzene ring substituents is 1. The molecule has 0 saturated carbocycles. The Balaban J connectivity index is 2.01. The van der Waals surface area contributed by atoms with Crippen molar-refractivity contribution in [2.45, 2.75) is 27.3 Å². The Bertz CT molecular complexity index is 785. The highest BCUT2D eigenvalue weighted by Gasteiger charge is 2.16. The van der Waals surface area contributed by atoms with E-state index in [2.05, 4.69) is 10.4 Å². The first kappa shape index (κ1) is 18.4. The standard InChI is InChI=1S/C17H22N4O4/c1-11(10-20-13(3)5-12(2)19-20)9-18-17(22)14-6-15(21(23)24)8-16(7-14)25-4/h5-8,11H,9-10H2,1-4H3,(H,18,22). The number of carbonyl (C=O) groups is 1. The normalized spacial score (nSPS) is 11.8. The summed E-state index contributed by atoms with van der Waals surface area (Å²) in [5.41, 5.74) is 2.04. The van der Waals surface area contributed by atoms with Crippen LogP contribution in [0.2, 0.25) is 0 Å². The summed E-state index contributed by atoms with van der Waals surface area (Å²) in [5, 5.41) is 18.2. The van der Waals surface area contributed by atoms with Crippen LogP contribution in [0.25, 0.3) is 0 Å². The van der Waals surface area contributed by atoms with Crippen molar-refractivity contribution in [2.24, 2.45) is 5.92 Å². The quantitative estimate of drug-likeness (QED) is 0.613. The van der Waals surface area contributed by atoms with Gasteiger partial charge in [0.05, 0.1) is 23.8 Å². The Hall–Kier alpha value is -2.90. The van der Waals surface area contributed by atoms with Gasteiger partial charge in [-0.05, 0) is 31.9 Å². The SMILES string of the molecule is COc1cc(C(=O)NCC(C)Cn2nc(C)cc2C)cc([N+](=O)[O-])c1. The Morgan fingerprint density at radius 1 is 1.36 bits per heavy atom. The van der Waals surface area contributed by atoms with Crippen molar-refractivity contribution in [3.8, 4) is 5.75 Å². The summed E-state index contributed by atoms with van der Waals surface area (Å²) < 4.78 is 6.93. The number of amides is 1. The summed E-state index contributed by atoms with van der Waals surface area (Å²) in [6, 6.07) is 6.00. The maximum absolute atomic E-state index is 12.3. The highest BCUT2D eigenvalue weighted by atomic mass is 16.6. The third-order valence-electron chi connectivity index (χ3n) is 3.80. The molecular formula is C17H22N4O4. The Morgan fingerprint density at radius 3 is 2.64 bits per heavy atom. The summed E-state index contributed by atoms with van der Waals surface area (Å²) in [5.74, 6) is 0.0554. The molecule has 2 aromatic rings. The molecular weight excluding hydrogens is 324 g/mol. The minimum absolute atomic E-state index is 0.155. The van der Waals surface area contributed by atoms with Crippen molar-refractivity contribution < 1.29 is 14.5 Å². The van der Waals surface area contributed by atoms with E-state index in [-0.39, 0.29) is 28.8 Å². The minimum atomic E-state index is -0.551. The molecule has 1 atom stereocenters. The van der Waals surface area contributed by atoms with Crippen LogP contribution >= 0.6 is 0 Å². The smallest absolute Gasteiger partial charge is 0.273 e. The number of rotatable bonds is 7. The van der Waals surface area contributed by atoms with Crippen LogP contribution in [0, 0.1) is 29.9 Å². The maximum atomic E-state index is 12.3. The predicted molar refractivity (Wildman–Crippen MR) is 92.8 cm³/mol. The average molecular weight is 346 g/mol. The number of nitro benzene ring substituents is 1. The van der Waals surface area contributed by atoms with Crippen LogP contribution < -0.4 is 10.1 Å². The number of carbonyl (C=O) groups excluding carboxylic acids is 1. The van der Waals surface area contributed by atoms with E-state index in [1.807, 2.05) is 31.5 Å². The van der Waals surface area contributed by atoms with E-state index in [0.717, 1.165) is 11.4 Å². The first-order valence-corrected chi connectivity index (χ1v) is 7.93. The van der Waals surface area contributed by atoms with Crippen molar-refractivity contribution in [3.63, 3.8) is 0 Å². The monoisotopic (exact) mass is 346 g/mol. The first-order valence-electron chi connectivity index (χ1n) is 7.93. The number of hydrogen-bond acceptors (Lipinski definition) is 5. The number of hydrogen-bond donors (Lipinski definition) is 1. The molecule has 0 radical (unpaired) electrons. The third kappa shape index (κ3) is 4.79. The van der Waals surface area contributed by atoms with Gasteiger partial charge in [0, 0.05) is 30.4 Å². The molecule has 0 spiro atoms. The molecule has 8 heteroatoms. The van der Waals surface area contributed by atoms with Crippen molar-refractivity contribution in [1.29, 1.82) is 0 Å². The highest BCUT2D eigenvalue weighted by molar-refractivity contribution is 5.95. The summed E-state index contributed by atoms with van der Waals surface area (Å²) in [6.07, 6.45) is 0. The molecule has 1 N–H and O–H groups in total. The molecule has 25 heavy (non-hydrogen) atoms. The lowest BCUT2D eigenvalue weighted by Gasteiger charge is -2.14. The molecule has 0 aliphatic heterocycles. The van der Waals surface area contributed by atoms with Gasteiger partial charge >= 0.3 is 0 Å². The lowest BCUT2D eigenvalue weighted by molar-refractivity contribution is -0.385. The Kier molecular flexibility index (Phi) is 5.74. The van der Waals surface area contributed by atoms with Gasteiger partial charge in [0.1, 0.15) is 5.75 Å². The molecule has 1 aromatic carbocycles. The van der Waals surface area contributed by atoms with E-state index in [1.54, 1.807) is 0 Å². The topological polar surface area (TPSA) is 99.3 Å².